The first-order chi connectivity index (χ1) is 10.5. The number of halogens is 2. The summed E-state index contributed by atoms with van der Waals surface area (Å²) < 4.78 is 37.3. The fourth-order valence-electron chi connectivity index (χ4n) is 2.42. The molecule has 0 radical (unpaired) electrons. The van der Waals surface area contributed by atoms with E-state index in [9.17, 15) is 13.6 Å². The summed E-state index contributed by atoms with van der Waals surface area (Å²) in [5, 5.41) is 2.50. The Morgan fingerprint density at radius 1 is 1.45 bits per heavy atom. The van der Waals surface area contributed by atoms with Crippen LogP contribution < -0.4 is 10.1 Å². The fraction of sp³-hybridized carbons (Fsp3) is 0.533. The number of nitrogens with zero attached hydrogens (tertiary/aromatic N) is 1. The van der Waals surface area contributed by atoms with Crippen LogP contribution in [0.4, 0.5) is 19.3 Å². The van der Waals surface area contributed by atoms with Crippen LogP contribution in [0.15, 0.2) is 12.1 Å². The first-order valence-corrected chi connectivity index (χ1v) is 7.25. The lowest BCUT2D eigenvalue weighted by molar-refractivity contribution is 0.0849. The van der Waals surface area contributed by atoms with E-state index in [2.05, 4.69) is 10.1 Å². The Morgan fingerprint density at radius 2 is 2.14 bits per heavy atom. The number of hydrogen-bond acceptors (Lipinski definition) is 3. The molecule has 1 heterocycles. The van der Waals surface area contributed by atoms with E-state index in [1.165, 1.54) is 7.11 Å². The Hall–Kier alpha value is -1.89. The van der Waals surface area contributed by atoms with E-state index in [4.69, 9.17) is 4.74 Å². The third-order valence-electron chi connectivity index (χ3n) is 3.57. The van der Waals surface area contributed by atoms with Crippen LogP contribution in [-0.2, 0) is 4.74 Å². The second-order valence-electron chi connectivity index (χ2n) is 5.08. The van der Waals surface area contributed by atoms with Crippen LogP contribution in [0.25, 0.3) is 0 Å². The molecule has 1 aromatic rings. The van der Waals surface area contributed by atoms with Gasteiger partial charge >= 0.3 is 6.03 Å². The highest BCUT2D eigenvalue weighted by molar-refractivity contribution is 5.89. The number of likely N-dealkylation sites (N-methyl/N-ethyl adjacent to an activating group) is 1. The summed E-state index contributed by atoms with van der Waals surface area (Å²) >= 11 is 0. The number of anilines is 1. The number of carbonyl (C=O) groups is 1. The topological polar surface area (TPSA) is 50.8 Å². The van der Waals surface area contributed by atoms with Gasteiger partial charge in [0, 0.05) is 37.5 Å². The molecule has 0 aromatic heterocycles. The Labute approximate surface area is 128 Å². The van der Waals surface area contributed by atoms with Crippen LogP contribution in [0.5, 0.6) is 5.75 Å². The number of nitrogens with one attached hydrogen (secondary N) is 1. The molecule has 1 unspecified atom stereocenters. The van der Waals surface area contributed by atoms with Gasteiger partial charge < -0.3 is 19.7 Å². The SMILES string of the molecule is CCN(CC1CCCO1)C(=O)Nc1cc(F)c(OC)c(F)c1. The lowest BCUT2D eigenvalue weighted by Gasteiger charge is -2.24. The molecule has 0 aliphatic carbocycles. The van der Waals surface area contributed by atoms with E-state index >= 15 is 0 Å². The molecule has 2 amide bonds. The Morgan fingerprint density at radius 3 is 2.64 bits per heavy atom. The van der Waals surface area contributed by atoms with Gasteiger partial charge in [-0.15, -0.1) is 0 Å². The van der Waals surface area contributed by atoms with Gasteiger partial charge in [0.05, 0.1) is 13.2 Å². The fourth-order valence-corrected chi connectivity index (χ4v) is 2.42. The van der Waals surface area contributed by atoms with Crippen LogP contribution >= 0.6 is 0 Å². The average molecular weight is 314 g/mol. The first kappa shape index (κ1) is 16.5. The highest BCUT2D eigenvalue weighted by Gasteiger charge is 2.22. The van der Waals surface area contributed by atoms with E-state index in [0.29, 0.717) is 19.7 Å². The number of benzene rings is 1. The average Bonchev–Trinajstić information content (AvgIpc) is 2.97. The largest absolute Gasteiger partial charge is 0.491 e. The zero-order valence-electron chi connectivity index (χ0n) is 12.7. The van der Waals surface area contributed by atoms with Crippen LogP contribution in [0.3, 0.4) is 0 Å². The standard InChI is InChI=1S/C15H20F2N2O3/c1-3-19(9-11-5-4-6-22-11)15(20)18-10-7-12(16)14(21-2)13(17)8-10/h7-8,11H,3-6,9H2,1-2H3,(H,18,20). The van der Waals surface area contributed by atoms with Gasteiger partial charge in [-0.25, -0.2) is 13.6 Å². The molecule has 1 aliphatic rings. The van der Waals surface area contributed by atoms with E-state index in [-0.39, 0.29) is 11.8 Å². The Kier molecular flexibility index (Phi) is 5.54. The molecule has 1 atom stereocenters. The summed E-state index contributed by atoms with van der Waals surface area (Å²) in [6.07, 6.45) is 1.92. The van der Waals surface area contributed by atoms with Crippen LogP contribution in [0.1, 0.15) is 19.8 Å². The lowest BCUT2D eigenvalue weighted by atomic mass is 10.2. The Balaban J connectivity index is 2.03. The van der Waals surface area contributed by atoms with E-state index in [1.807, 2.05) is 6.92 Å². The highest BCUT2D eigenvalue weighted by atomic mass is 19.1. The minimum Gasteiger partial charge on any atom is -0.491 e. The van der Waals surface area contributed by atoms with Gasteiger partial charge in [0.1, 0.15) is 0 Å². The molecule has 2 rings (SSSR count). The van der Waals surface area contributed by atoms with Gasteiger partial charge in [-0.05, 0) is 19.8 Å². The van der Waals surface area contributed by atoms with Crippen molar-refractivity contribution >= 4 is 11.7 Å². The number of carbonyl (C=O) groups excluding carboxylic acids is 1. The monoisotopic (exact) mass is 314 g/mol. The van der Waals surface area contributed by atoms with Crippen LogP contribution in [0, 0.1) is 11.6 Å². The van der Waals surface area contributed by atoms with Gasteiger partial charge in [-0.3, -0.25) is 0 Å². The summed E-state index contributed by atoms with van der Waals surface area (Å²) in [6, 6.07) is 1.64. The summed E-state index contributed by atoms with van der Waals surface area (Å²) in [5.74, 6) is -2.19. The molecule has 0 bridgehead atoms. The zero-order valence-corrected chi connectivity index (χ0v) is 12.7. The molecule has 1 aliphatic heterocycles. The maximum atomic E-state index is 13.6. The first-order valence-electron chi connectivity index (χ1n) is 7.25. The summed E-state index contributed by atoms with van der Waals surface area (Å²) in [6.45, 7) is 3.48. The molecule has 1 aromatic carbocycles. The minimum absolute atomic E-state index is 0.0232. The van der Waals surface area contributed by atoms with Crippen molar-refractivity contribution in [2.75, 3.05) is 32.1 Å². The highest BCUT2D eigenvalue weighted by Crippen LogP contribution is 2.25. The van der Waals surface area contributed by atoms with Crippen molar-refractivity contribution in [3.8, 4) is 5.75 Å². The van der Waals surface area contributed by atoms with Crippen molar-refractivity contribution in [3.05, 3.63) is 23.8 Å². The van der Waals surface area contributed by atoms with E-state index < -0.39 is 23.4 Å². The Bertz CT molecular complexity index is 511. The molecule has 1 N–H and O–H groups in total. The smallest absolute Gasteiger partial charge is 0.321 e. The van der Waals surface area contributed by atoms with Crippen molar-refractivity contribution in [1.29, 1.82) is 0 Å². The molecule has 1 saturated heterocycles. The van der Waals surface area contributed by atoms with Gasteiger partial charge in [0.25, 0.3) is 0 Å². The van der Waals surface area contributed by atoms with Crippen molar-refractivity contribution in [3.63, 3.8) is 0 Å². The normalized spacial score (nSPS) is 17.4. The summed E-state index contributed by atoms with van der Waals surface area (Å²) in [7, 11) is 1.18. The number of amides is 2. The lowest BCUT2D eigenvalue weighted by Crippen LogP contribution is -2.40. The molecule has 7 heteroatoms. The molecule has 0 saturated carbocycles. The maximum absolute atomic E-state index is 13.6. The van der Waals surface area contributed by atoms with Crippen molar-refractivity contribution in [2.24, 2.45) is 0 Å². The predicted octanol–water partition coefficient (Wildman–Crippen LogP) is 3.01. The van der Waals surface area contributed by atoms with E-state index in [0.717, 1.165) is 25.0 Å². The third-order valence-corrected chi connectivity index (χ3v) is 3.57. The van der Waals surface area contributed by atoms with Crippen molar-refractivity contribution in [2.45, 2.75) is 25.9 Å². The number of urea groups is 1. The van der Waals surface area contributed by atoms with Crippen molar-refractivity contribution < 1.29 is 23.0 Å². The molecule has 122 valence electrons. The molecule has 22 heavy (non-hydrogen) atoms. The van der Waals surface area contributed by atoms with Crippen LogP contribution in [0.2, 0.25) is 0 Å². The molecular formula is C15H20F2N2O3. The number of ether oxygens (including phenoxy) is 2. The zero-order chi connectivity index (χ0) is 16.1. The minimum atomic E-state index is -0.861. The second-order valence-corrected chi connectivity index (χ2v) is 5.08. The summed E-state index contributed by atoms with van der Waals surface area (Å²) in [5.41, 5.74) is 0.0478. The third kappa shape index (κ3) is 3.85. The van der Waals surface area contributed by atoms with Crippen molar-refractivity contribution in [1.82, 2.24) is 4.90 Å². The molecule has 1 fully saturated rings. The molecular weight excluding hydrogens is 294 g/mol. The van der Waals surface area contributed by atoms with E-state index in [1.54, 1.807) is 4.90 Å². The molecule has 0 spiro atoms. The summed E-state index contributed by atoms with van der Waals surface area (Å²) in [4.78, 5) is 13.7. The second kappa shape index (κ2) is 7.40. The number of methoxy groups -OCH3 is 1. The van der Waals surface area contributed by atoms with Gasteiger partial charge in [-0.1, -0.05) is 0 Å². The maximum Gasteiger partial charge on any atom is 0.321 e. The molecule has 5 nitrogen and oxygen atoms in total. The van der Waals surface area contributed by atoms with Gasteiger partial charge in [0.2, 0.25) is 0 Å². The predicted molar refractivity (Wildman–Crippen MR) is 78.1 cm³/mol. The van der Waals surface area contributed by atoms with Crippen LogP contribution in [-0.4, -0.2) is 43.8 Å². The quantitative estimate of drug-likeness (QED) is 0.909. The number of hydrogen-bond donors (Lipinski definition) is 1. The van der Waals surface area contributed by atoms with Gasteiger partial charge in [-0.2, -0.15) is 0 Å². The van der Waals surface area contributed by atoms with Gasteiger partial charge in [0.15, 0.2) is 17.4 Å². The number of rotatable bonds is 5.